The predicted octanol–water partition coefficient (Wildman–Crippen LogP) is 5.19. The smallest absolute Gasteiger partial charge is 0.135 e. The molecule has 0 atom stereocenters. The van der Waals surface area contributed by atoms with Gasteiger partial charge in [-0.1, -0.05) is 37.6 Å². The number of aryl methyl sites for hydroxylation is 3. The van der Waals surface area contributed by atoms with Crippen LogP contribution in [0.15, 0.2) is 12.1 Å². The quantitative estimate of drug-likeness (QED) is 0.772. The van der Waals surface area contributed by atoms with E-state index in [1.165, 1.54) is 16.7 Å². The van der Waals surface area contributed by atoms with Crippen molar-refractivity contribution in [2.45, 2.75) is 40.0 Å². The second-order valence-corrected chi connectivity index (χ2v) is 6.71. The van der Waals surface area contributed by atoms with E-state index in [1.807, 2.05) is 17.8 Å². The minimum Gasteiger partial charge on any atom is -0.464 e. The summed E-state index contributed by atoms with van der Waals surface area (Å²) in [4.78, 5) is 2.26. The van der Waals surface area contributed by atoms with Gasteiger partial charge >= 0.3 is 0 Å². The van der Waals surface area contributed by atoms with E-state index in [0.29, 0.717) is 0 Å². The molecule has 0 bridgehead atoms. The van der Waals surface area contributed by atoms with E-state index in [4.69, 9.17) is 22.0 Å². The summed E-state index contributed by atoms with van der Waals surface area (Å²) < 4.78 is 1.91. The molecule has 0 unspecified atom stereocenters. The van der Waals surface area contributed by atoms with Crippen LogP contribution in [0.4, 0.5) is 17.3 Å². The van der Waals surface area contributed by atoms with E-state index in [2.05, 4.69) is 31.7 Å². The first-order valence-corrected chi connectivity index (χ1v) is 8.68. The summed E-state index contributed by atoms with van der Waals surface area (Å²) in [5.74, 6) is 2.04. The number of anilines is 2. The first-order chi connectivity index (χ1) is 11.0. The van der Waals surface area contributed by atoms with E-state index in [0.717, 1.165) is 54.7 Å². The van der Waals surface area contributed by atoms with Crippen LogP contribution in [0.2, 0.25) is 5.02 Å². The monoisotopic (exact) mass is 331 g/mol. The minimum atomic E-state index is 0.799. The molecule has 0 radical (unpaired) electrons. The number of benzene rings is 1. The maximum atomic E-state index is 6.57. The van der Waals surface area contributed by atoms with Crippen molar-refractivity contribution < 1.29 is 0 Å². The number of hydrogen-bond acceptors (Lipinski definition) is 2. The fraction of sp³-hybridized carbons (Fsp3) is 0.500. The normalized spacial score (nSPS) is 14.0. The molecule has 3 rings (SSSR count). The highest BCUT2D eigenvalue weighted by Crippen LogP contribution is 2.42. The summed E-state index contributed by atoms with van der Waals surface area (Å²) in [6, 6.07) is 4.21. The van der Waals surface area contributed by atoms with Crippen LogP contribution in [0.25, 0.3) is 5.32 Å². The molecule has 23 heavy (non-hydrogen) atoms. The third-order valence-corrected chi connectivity index (χ3v) is 4.60. The molecule has 0 aliphatic carbocycles. The molecular weight excluding hydrogens is 308 g/mol. The van der Waals surface area contributed by atoms with Crippen LogP contribution < -0.4 is 4.90 Å². The number of nitrogens with zero attached hydrogens (tertiary/aromatic N) is 4. The van der Waals surface area contributed by atoms with Gasteiger partial charge in [-0.25, -0.2) is 5.10 Å². The van der Waals surface area contributed by atoms with Crippen LogP contribution in [0.1, 0.15) is 36.5 Å². The van der Waals surface area contributed by atoms with Crippen LogP contribution in [0.3, 0.4) is 0 Å². The molecule has 0 spiro atoms. The molecule has 4 nitrogen and oxygen atoms in total. The minimum absolute atomic E-state index is 0.799. The fourth-order valence-corrected chi connectivity index (χ4v) is 3.81. The molecule has 0 saturated carbocycles. The summed E-state index contributed by atoms with van der Waals surface area (Å²) in [6.07, 6.45) is 3.17. The Morgan fingerprint density at radius 2 is 2.09 bits per heavy atom. The van der Waals surface area contributed by atoms with Gasteiger partial charge in [-0.05, 0) is 62.3 Å². The molecule has 1 aromatic heterocycles. The molecule has 0 saturated heterocycles. The summed E-state index contributed by atoms with van der Waals surface area (Å²) in [7, 11) is 1.98. The molecule has 0 fully saturated rings. The third kappa shape index (κ3) is 2.92. The SMILES string of the molecule is CCC[N-]c1c2c(nn1C)N(c1c(C)cc(C)cc1Cl)CCC2. The van der Waals surface area contributed by atoms with E-state index < -0.39 is 0 Å². The van der Waals surface area contributed by atoms with Crippen molar-refractivity contribution in [2.24, 2.45) is 7.05 Å². The maximum Gasteiger partial charge on any atom is 0.135 e. The highest BCUT2D eigenvalue weighted by atomic mass is 35.5. The van der Waals surface area contributed by atoms with E-state index in [-0.39, 0.29) is 0 Å². The summed E-state index contributed by atoms with van der Waals surface area (Å²) in [6.45, 7) is 8.13. The number of halogens is 1. The van der Waals surface area contributed by atoms with Crippen molar-refractivity contribution in [2.75, 3.05) is 18.0 Å². The van der Waals surface area contributed by atoms with Gasteiger partial charge in [0.15, 0.2) is 0 Å². The molecule has 1 aromatic carbocycles. The van der Waals surface area contributed by atoms with Crippen molar-refractivity contribution in [1.29, 1.82) is 0 Å². The summed E-state index contributed by atoms with van der Waals surface area (Å²) in [5, 5.41) is 10.3. The van der Waals surface area contributed by atoms with Crippen LogP contribution in [-0.2, 0) is 13.5 Å². The topological polar surface area (TPSA) is 35.2 Å². The van der Waals surface area contributed by atoms with E-state index in [1.54, 1.807) is 0 Å². The number of fused-ring (bicyclic) bond motifs is 1. The second kappa shape index (κ2) is 6.44. The van der Waals surface area contributed by atoms with Crippen LogP contribution in [0, 0.1) is 13.8 Å². The van der Waals surface area contributed by atoms with Gasteiger partial charge in [-0.3, -0.25) is 0 Å². The van der Waals surface area contributed by atoms with Crippen LogP contribution in [0.5, 0.6) is 0 Å². The Kier molecular flexibility index (Phi) is 4.53. The zero-order valence-electron chi connectivity index (χ0n) is 14.4. The van der Waals surface area contributed by atoms with Crippen LogP contribution >= 0.6 is 11.6 Å². The van der Waals surface area contributed by atoms with Gasteiger partial charge in [-0.2, -0.15) is 0 Å². The standard InChI is InChI=1S/C18H24ClN4/c1-5-8-20-17-14-7-6-9-23(18(14)21-22(17)4)16-13(3)10-12(2)11-15(16)19/h10-11H,5-9H2,1-4H3/q-1. The lowest BCUT2D eigenvalue weighted by Crippen LogP contribution is -2.25. The highest BCUT2D eigenvalue weighted by Gasteiger charge is 2.25. The Hall–Kier alpha value is -1.68. The van der Waals surface area contributed by atoms with Crippen LogP contribution in [-0.4, -0.2) is 22.9 Å². The summed E-state index contributed by atoms with van der Waals surface area (Å²) >= 11 is 6.57. The molecule has 1 aliphatic rings. The number of rotatable bonds is 4. The van der Waals surface area contributed by atoms with Gasteiger partial charge in [-0.15, -0.1) is 0 Å². The first-order valence-electron chi connectivity index (χ1n) is 8.30. The van der Waals surface area contributed by atoms with Crippen molar-refractivity contribution in [1.82, 2.24) is 9.78 Å². The number of aromatic nitrogens is 2. The van der Waals surface area contributed by atoms with Gasteiger partial charge in [0.2, 0.25) is 0 Å². The average Bonchev–Trinajstić information content (AvgIpc) is 2.80. The van der Waals surface area contributed by atoms with Crippen molar-refractivity contribution in [3.05, 3.63) is 39.2 Å². The van der Waals surface area contributed by atoms with Crippen molar-refractivity contribution >= 4 is 28.9 Å². The zero-order chi connectivity index (χ0) is 16.6. The molecule has 2 aromatic rings. The molecule has 0 N–H and O–H groups in total. The Bertz CT molecular complexity index is 697. The van der Waals surface area contributed by atoms with Gasteiger partial charge in [0.25, 0.3) is 0 Å². The first kappa shape index (κ1) is 16.2. The zero-order valence-corrected chi connectivity index (χ0v) is 15.1. The van der Waals surface area contributed by atoms with Gasteiger partial charge in [0.05, 0.1) is 10.7 Å². The van der Waals surface area contributed by atoms with Crippen molar-refractivity contribution in [3.8, 4) is 0 Å². The predicted molar refractivity (Wildman–Crippen MR) is 97.6 cm³/mol. The molecule has 124 valence electrons. The Labute approximate surface area is 143 Å². The lowest BCUT2D eigenvalue weighted by Gasteiger charge is -2.31. The molecule has 2 heterocycles. The highest BCUT2D eigenvalue weighted by molar-refractivity contribution is 6.33. The van der Waals surface area contributed by atoms with E-state index >= 15 is 0 Å². The average molecular weight is 332 g/mol. The maximum absolute atomic E-state index is 6.57. The van der Waals surface area contributed by atoms with Gasteiger partial charge in [0.1, 0.15) is 5.82 Å². The fourth-order valence-electron chi connectivity index (χ4n) is 3.39. The molecule has 1 aliphatic heterocycles. The Morgan fingerprint density at radius 3 is 2.78 bits per heavy atom. The Morgan fingerprint density at radius 1 is 1.30 bits per heavy atom. The largest absolute Gasteiger partial charge is 0.464 e. The second-order valence-electron chi connectivity index (χ2n) is 6.30. The lowest BCUT2D eigenvalue weighted by atomic mass is 10.0. The van der Waals surface area contributed by atoms with Gasteiger partial charge < -0.3 is 14.9 Å². The molecule has 5 heteroatoms. The third-order valence-electron chi connectivity index (χ3n) is 4.31. The van der Waals surface area contributed by atoms with E-state index in [9.17, 15) is 0 Å². The van der Waals surface area contributed by atoms with Gasteiger partial charge in [0, 0.05) is 6.54 Å². The van der Waals surface area contributed by atoms with Crippen molar-refractivity contribution in [3.63, 3.8) is 0 Å². The lowest BCUT2D eigenvalue weighted by molar-refractivity contribution is 0.742. The molecule has 0 amide bonds. The molecular formula is C18H24ClN4-. The Balaban J connectivity index is 2.06. The number of hydrogen-bond donors (Lipinski definition) is 0. The summed E-state index contributed by atoms with van der Waals surface area (Å²) in [5.41, 5.74) is 4.72.